The van der Waals surface area contributed by atoms with Crippen LogP contribution in [-0.4, -0.2) is 47.1 Å². The zero-order chi connectivity index (χ0) is 15.0. The largest absolute Gasteiger partial charge is 0.355 e. The molecule has 3 rings (SSSR count). The molecule has 2 atom stereocenters. The first-order valence-electron chi connectivity index (χ1n) is 7.90. The van der Waals surface area contributed by atoms with Gasteiger partial charge in [-0.2, -0.15) is 0 Å². The number of likely N-dealkylation sites (N-methyl/N-ethyl adjacent to an activating group) is 1. The first-order chi connectivity index (χ1) is 10.1. The van der Waals surface area contributed by atoms with Gasteiger partial charge in [-0.3, -0.25) is 4.90 Å². The summed E-state index contributed by atoms with van der Waals surface area (Å²) >= 11 is 0. The zero-order valence-corrected chi connectivity index (χ0v) is 13.2. The molecule has 2 saturated heterocycles. The molecule has 0 aliphatic carbocycles. The monoisotopic (exact) mass is 290 g/mol. The number of nitrogens with one attached hydrogen (secondary N) is 1. The molecule has 21 heavy (non-hydrogen) atoms. The van der Waals surface area contributed by atoms with E-state index in [1.807, 2.05) is 0 Å². The normalized spacial score (nSPS) is 26.2. The van der Waals surface area contributed by atoms with Gasteiger partial charge < -0.3 is 10.3 Å². The third-order valence-corrected chi connectivity index (χ3v) is 5.02. The van der Waals surface area contributed by atoms with Crippen LogP contribution in [-0.2, 0) is 0 Å². The Morgan fingerprint density at radius 2 is 2.00 bits per heavy atom. The minimum Gasteiger partial charge on any atom is -0.355 e. The highest BCUT2D eigenvalue weighted by Crippen LogP contribution is 2.34. The van der Waals surface area contributed by atoms with E-state index in [-0.39, 0.29) is 0 Å². The van der Waals surface area contributed by atoms with Crippen molar-refractivity contribution in [3.8, 4) is 0 Å². The van der Waals surface area contributed by atoms with Gasteiger partial charge >= 0.3 is 0 Å². The van der Waals surface area contributed by atoms with Gasteiger partial charge in [-0.15, -0.1) is 0 Å². The van der Waals surface area contributed by atoms with Crippen LogP contribution in [0, 0.1) is 0 Å². The summed E-state index contributed by atoms with van der Waals surface area (Å²) in [4.78, 5) is 13.8. The van der Waals surface area contributed by atoms with Gasteiger partial charge in [0.15, 0.2) is 0 Å². The molecule has 0 aromatic carbocycles. The number of aromatic nitrogens is 2. The van der Waals surface area contributed by atoms with Gasteiger partial charge in [-0.05, 0) is 32.2 Å². The van der Waals surface area contributed by atoms with Crippen LogP contribution in [0.25, 0.3) is 0 Å². The molecule has 0 saturated carbocycles. The lowest BCUT2D eigenvalue weighted by molar-refractivity contribution is 0.254. The van der Waals surface area contributed by atoms with Crippen molar-refractivity contribution in [3.05, 3.63) is 11.9 Å². The summed E-state index contributed by atoms with van der Waals surface area (Å²) in [6, 6.07) is 1.37. The molecule has 2 aliphatic heterocycles. The van der Waals surface area contributed by atoms with Crippen molar-refractivity contribution in [1.29, 1.82) is 0 Å². The summed E-state index contributed by atoms with van der Waals surface area (Å²) in [5, 5.41) is 0. The highest BCUT2D eigenvalue weighted by atomic mass is 15.3. The van der Waals surface area contributed by atoms with Crippen molar-refractivity contribution in [2.75, 3.05) is 30.5 Å². The molecule has 2 bridgehead atoms. The molecular formula is C15H26N6. The molecule has 2 aliphatic rings. The van der Waals surface area contributed by atoms with Crippen LogP contribution in [0.4, 0.5) is 11.6 Å². The van der Waals surface area contributed by atoms with Crippen molar-refractivity contribution >= 4 is 11.6 Å². The van der Waals surface area contributed by atoms with E-state index in [2.05, 4.69) is 46.1 Å². The number of hydrogen-bond donors (Lipinski definition) is 2. The number of nitrogen functional groups attached to an aromatic ring is 1. The first-order valence-corrected chi connectivity index (χ1v) is 7.90. The van der Waals surface area contributed by atoms with E-state index in [4.69, 9.17) is 5.84 Å². The fraction of sp³-hybridized carbons (Fsp3) is 0.733. The summed E-state index contributed by atoms with van der Waals surface area (Å²) in [6.45, 7) is 6.44. The molecule has 1 aromatic rings. The molecule has 3 heterocycles. The molecule has 116 valence electrons. The number of hydrazine groups is 1. The van der Waals surface area contributed by atoms with Crippen LogP contribution in [0.15, 0.2) is 6.33 Å². The average molecular weight is 290 g/mol. The maximum Gasteiger partial charge on any atom is 0.148 e. The molecule has 0 spiro atoms. The SMILES string of the molecule is CC(C)c1c(NN)ncnc1N1CCC2CCC(C1)N2C. The lowest BCUT2D eigenvalue weighted by atomic mass is 10.0. The van der Waals surface area contributed by atoms with Crippen molar-refractivity contribution in [1.82, 2.24) is 14.9 Å². The quantitative estimate of drug-likeness (QED) is 0.650. The van der Waals surface area contributed by atoms with E-state index >= 15 is 0 Å². The third-order valence-electron chi connectivity index (χ3n) is 5.02. The van der Waals surface area contributed by atoms with E-state index in [0.717, 1.165) is 36.3 Å². The Labute approximate surface area is 126 Å². The predicted octanol–water partition coefficient (Wildman–Crippen LogP) is 1.56. The number of nitrogens with zero attached hydrogens (tertiary/aromatic N) is 4. The second-order valence-electron chi connectivity index (χ2n) is 6.54. The van der Waals surface area contributed by atoms with Crippen molar-refractivity contribution in [2.45, 2.75) is 51.1 Å². The summed E-state index contributed by atoms with van der Waals surface area (Å²) < 4.78 is 0. The van der Waals surface area contributed by atoms with Crippen molar-refractivity contribution in [2.24, 2.45) is 5.84 Å². The third kappa shape index (κ3) is 2.58. The van der Waals surface area contributed by atoms with Gasteiger partial charge in [0, 0.05) is 30.7 Å². The van der Waals surface area contributed by atoms with E-state index in [0.29, 0.717) is 12.0 Å². The smallest absolute Gasteiger partial charge is 0.148 e. The number of hydrogen-bond acceptors (Lipinski definition) is 6. The Morgan fingerprint density at radius 3 is 2.71 bits per heavy atom. The van der Waals surface area contributed by atoms with Crippen LogP contribution in [0.1, 0.15) is 44.6 Å². The van der Waals surface area contributed by atoms with Crippen LogP contribution in [0.2, 0.25) is 0 Å². The Balaban J connectivity index is 1.93. The topological polar surface area (TPSA) is 70.3 Å². The fourth-order valence-electron chi connectivity index (χ4n) is 3.79. The number of rotatable bonds is 3. The molecule has 0 amide bonds. The lowest BCUT2D eigenvalue weighted by Gasteiger charge is -2.29. The second-order valence-corrected chi connectivity index (χ2v) is 6.54. The molecule has 0 radical (unpaired) electrons. The summed E-state index contributed by atoms with van der Waals surface area (Å²) in [7, 11) is 2.27. The van der Waals surface area contributed by atoms with Gasteiger partial charge in [0.2, 0.25) is 0 Å². The molecule has 6 nitrogen and oxygen atoms in total. The Hall–Kier alpha value is -1.40. The van der Waals surface area contributed by atoms with E-state index in [9.17, 15) is 0 Å². The van der Waals surface area contributed by atoms with Crippen LogP contribution in [0.3, 0.4) is 0 Å². The Kier molecular flexibility index (Phi) is 3.99. The van der Waals surface area contributed by atoms with Gasteiger partial charge in [0.25, 0.3) is 0 Å². The number of anilines is 2. The lowest BCUT2D eigenvalue weighted by Crippen LogP contribution is -2.37. The molecule has 2 fully saturated rings. The summed E-state index contributed by atoms with van der Waals surface area (Å²) in [6.07, 6.45) is 5.45. The standard InChI is InChI=1S/C15H26N6/c1-10(2)13-14(19-16)17-9-18-15(13)21-7-6-11-4-5-12(8-21)20(11)3/h9-12H,4-8,16H2,1-3H3,(H,17,18,19). The molecule has 2 unspecified atom stereocenters. The van der Waals surface area contributed by atoms with E-state index in [1.165, 1.54) is 19.3 Å². The zero-order valence-electron chi connectivity index (χ0n) is 13.2. The fourth-order valence-corrected chi connectivity index (χ4v) is 3.79. The first kappa shape index (κ1) is 14.5. The van der Waals surface area contributed by atoms with Crippen LogP contribution in [0.5, 0.6) is 0 Å². The van der Waals surface area contributed by atoms with Crippen molar-refractivity contribution < 1.29 is 0 Å². The number of nitrogens with two attached hydrogens (primary N) is 1. The maximum atomic E-state index is 5.63. The molecule has 3 N–H and O–H groups in total. The Bertz CT molecular complexity index is 503. The highest BCUT2D eigenvalue weighted by Gasteiger charge is 2.35. The molecular weight excluding hydrogens is 264 g/mol. The van der Waals surface area contributed by atoms with Gasteiger partial charge in [-0.1, -0.05) is 13.8 Å². The minimum atomic E-state index is 0.338. The number of fused-ring (bicyclic) bond motifs is 2. The van der Waals surface area contributed by atoms with Crippen molar-refractivity contribution in [3.63, 3.8) is 0 Å². The van der Waals surface area contributed by atoms with Gasteiger partial charge in [0.1, 0.15) is 18.0 Å². The summed E-state index contributed by atoms with van der Waals surface area (Å²) in [5.41, 5.74) is 3.85. The van der Waals surface area contributed by atoms with E-state index < -0.39 is 0 Å². The van der Waals surface area contributed by atoms with Gasteiger partial charge in [-0.25, -0.2) is 15.8 Å². The van der Waals surface area contributed by atoms with Gasteiger partial charge in [0.05, 0.1) is 0 Å². The Morgan fingerprint density at radius 1 is 1.24 bits per heavy atom. The second kappa shape index (κ2) is 5.77. The summed E-state index contributed by atoms with van der Waals surface area (Å²) in [5.74, 6) is 7.77. The average Bonchev–Trinajstić information content (AvgIpc) is 2.71. The van der Waals surface area contributed by atoms with Crippen LogP contribution >= 0.6 is 0 Å². The molecule has 6 heteroatoms. The van der Waals surface area contributed by atoms with E-state index in [1.54, 1.807) is 6.33 Å². The predicted molar refractivity (Wildman–Crippen MR) is 85.3 cm³/mol. The minimum absolute atomic E-state index is 0.338. The maximum absolute atomic E-state index is 5.63. The van der Waals surface area contributed by atoms with Crippen LogP contribution < -0.4 is 16.2 Å². The highest BCUT2D eigenvalue weighted by molar-refractivity contribution is 5.60. The molecule has 1 aromatic heterocycles.